The SMILES string of the molecule is CCC1COCCN1Cc1cccc(C#CCO)c1. The van der Waals surface area contributed by atoms with Crippen molar-refractivity contribution in [3.05, 3.63) is 35.4 Å². The maximum absolute atomic E-state index is 8.73. The van der Waals surface area contributed by atoms with Crippen molar-refractivity contribution in [1.82, 2.24) is 4.90 Å². The highest BCUT2D eigenvalue weighted by molar-refractivity contribution is 5.37. The first-order chi connectivity index (χ1) is 9.33. The molecule has 19 heavy (non-hydrogen) atoms. The second-order valence-corrected chi connectivity index (χ2v) is 4.77. The van der Waals surface area contributed by atoms with E-state index in [-0.39, 0.29) is 6.61 Å². The lowest BCUT2D eigenvalue weighted by atomic mass is 10.1. The molecule has 0 aliphatic carbocycles. The number of hydrogen-bond acceptors (Lipinski definition) is 3. The molecule has 1 saturated heterocycles. The molecule has 1 N–H and O–H groups in total. The van der Waals surface area contributed by atoms with Crippen LogP contribution in [0.1, 0.15) is 24.5 Å². The lowest BCUT2D eigenvalue weighted by molar-refractivity contribution is -0.0127. The van der Waals surface area contributed by atoms with Crippen molar-refractivity contribution in [2.45, 2.75) is 25.9 Å². The minimum atomic E-state index is -0.0917. The van der Waals surface area contributed by atoms with Crippen LogP contribution in [0.5, 0.6) is 0 Å². The summed E-state index contributed by atoms with van der Waals surface area (Å²) >= 11 is 0. The van der Waals surface area contributed by atoms with Gasteiger partial charge >= 0.3 is 0 Å². The van der Waals surface area contributed by atoms with Crippen molar-refractivity contribution in [3.8, 4) is 11.8 Å². The monoisotopic (exact) mass is 259 g/mol. The zero-order chi connectivity index (χ0) is 13.5. The predicted molar refractivity (Wildman–Crippen MR) is 75.7 cm³/mol. The number of hydrogen-bond donors (Lipinski definition) is 1. The summed E-state index contributed by atoms with van der Waals surface area (Å²) < 4.78 is 5.53. The lowest BCUT2D eigenvalue weighted by Crippen LogP contribution is -2.44. The zero-order valence-corrected chi connectivity index (χ0v) is 11.4. The van der Waals surface area contributed by atoms with Gasteiger partial charge in [-0.1, -0.05) is 30.9 Å². The standard InChI is InChI=1S/C16H21NO2/c1-2-16-13-19-10-8-17(16)12-15-6-3-5-14(11-15)7-4-9-18/h3,5-6,11,16,18H,2,8-10,12-13H2,1H3. The van der Waals surface area contributed by atoms with Crippen LogP contribution in [0.2, 0.25) is 0 Å². The van der Waals surface area contributed by atoms with Crippen LogP contribution in [0.3, 0.4) is 0 Å². The summed E-state index contributed by atoms with van der Waals surface area (Å²) in [5.41, 5.74) is 2.23. The fourth-order valence-corrected chi connectivity index (χ4v) is 2.40. The Kier molecular flexibility index (Phi) is 5.41. The van der Waals surface area contributed by atoms with Gasteiger partial charge in [0.05, 0.1) is 13.2 Å². The fourth-order valence-electron chi connectivity index (χ4n) is 2.40. The minimum absolute atomic E-state index is 0.0917. The van der Waals surface area contributed by atoms with E-state index in [1.54, 1.807) is 0 Å². The van der Waals surface area contributed by atoms with Crippen molar-refractivity contribution in [1.29, 1.82) is 0 Å². The summed E-state index contributed by atoms with van der Waals surface area (Å²) in [7, 11) is 0. The van der Waals surface area contributed by atoms with Crippen LogP contribution in [-0.2, 0) is 11.3 Å². The molecule has 0 bridgehead atoms. The number of benzene rings is 1. The molecule has 0 spiro atoms. The van der Waals surface area contributed by atoms with Gasteiger partial charge in [0, 0.05) is 24.7 Å². The maximum atomic E-state index is 8.73. The summed E-state index contributed by atoms with van der Waals surface area (Å²) in [5.74, 6) is 5.64. The van der Waals surface area contributed by atoms with E-state index < -0.39 is 0 Å². The smallest absolute Gasteiger partial charge is 0.104 e. The third-order valence-electron chi connectivity index (χ3n) is 3.45. The van der Waals surface area contributed by atoms with Crippen molar-refractivity contribution in [2.24, 2.45) is 0 Å². The molecule has 1 aliphatic rings. The summed E-state index contributed by atoms with van der Waals surface area (Å²) in [6, 6.07) is 8.75. The van der Waals surface area contributed by atoms with Gasteiger partial charge in [0.25, 0.3) is 0 Å². The second kappa shape index (κ2) is 7.30. The first-order valence-corrected chi connectivity index (χ1v) is 6.84. The summed E-state index contributed by atoms with van der Waals surface area (Å²) in [4.78, 5) is 2.47. The average Bonchev–Trinajstić information content (AvgIpc) is 2.46. The highest BCUT2D eigenvalue weighted by Gasteiger charge is 2.21. The number of ether oxygens (including phenoxy) is 1. The first kappa shape index (κ1) is 14.1. The molecule has 102 valence electrons. The van der Waals surface area contributed by atoms with Crippen LogP contribution >= 0.6 is 0 Å². The third-order valence-corrected chi connectivity index (χ3v) is 3.45. The van der Waals surface area contributed by atoms with Crippen molar-refractivity contribution >= 4 is 0 Å². The number of aliphatic hydroxyl groups excluding tert-OH is 1. The Bertz CT molecular complexity index is 461. The molecule has 0 radical (unpaired) electrons. The molecule has 0 saturated carbocycles. The molecule has 1 aromatic rings. The molecule has 3 heteroatoms. The Labute approximate surface area is 115 Å². The van der Waals surface area contributed by atoms with Crippen LogP contribution in [0.4, 0.5) is 0 Å². The topological polar surface area (TPSA) is 32.7 Å². The van der Waals surface area contributed by atoms with E-state index in [0.717, 1.165) is 38.3 Å². The van der Waals surface area contributed by atoms with Gasteiger partial charge in [-0.05, 0) is 24.1 Å². The third kappa shape index (κ3) is 4.07. The average molecular weight is 259 g/mol. The van der Waals surface area contributed by atoms with E-state index in [1.807, 2.05) is 12.1 Å². The fraction of sp³-hybridized carbons (Fsp3) is 0.500. The minimum Gasteiger partial charge on any atom is -0.384 e. The predicted octanol–water partition coefficient (Wildman–Crippen LogP) is 1.64. The Balaban J connectivity index is 2.05. The Hall–Kier alpha value is -1.34. The quantitative estimate of drug-likeness (QED) is 0.838. The second-order valence-electron chi connectivity index (χ2n) is 4.77. The molecule has 1 heterocycles. The molecule has 1 aromatic carbocycles. The normalized spacial score (nSPS) is 19.8. The zero-order valence-electron chi connectivity index (χ0n) is 11.4. The van der Waals surface area contributed by atoms with Crippen LogP contribution in [0, 0.1) is 11.8 Å². The van der Waals surface area contributed by atoms with Crippen molar-refractivity contribution < 1.29 is 9.84 Å². The van der Waals surface area contributed by atoms with E-state index in [2.05, 4.69) is 35.8 Å². The van der Waals surface area contributed by atoms with Gasteiger partial charge in [-0.15, -0.1) is 0 Å². The van der Waals surface area contributed by atoms with E-state index in [9.17, 15) is 0 Å². The molecular formula is C16H21NO2. The molecule has 1 unspecified atom stereocenters. The Morgan fingerprint density at radius 1 is 1.47 bits per heavy atom. The molecule has 1 aliphatic heterocycles. The molecule has 0 amide bonds. The molecule has 0 aromatic heterocycles. The summed E-state index contributed by atoms with van der Waals surface area (Å²) in [6.45, 7) is 5.70. The Morgan fingerprint density at radius 3 is 3.16 bits per heavy atom. The molecule has 2 rings (SSSR count). The van der Waals surface area contributed by atoms with Gasteiger partial charge in [0.15, 0.2) is 0 Å². The van der Waals surface area contributed by atoms with Gasteiger partial charge < -0.3 is 9.84 Å². The van der Waals surface area contributed by atoms with Gasteiger partial charge in [-0.2, -0.15) is 0 Å². The first-order valence-electron chi connectivity index (χ1n) is 6.84. The van der Waals surface area contributed by atoms with E-state index in [4.69, 9.17) is 9.84 Å². The van der Waals surface area contributed by atoms with Gasteiger partial charge in [0.2, 0.25) is 0 Å². The highest BCUT2D eigenvalue weighted by atomic mass is 16.5. The van der Waals surface area contributed by atoms with Crippen molar-refractivity contribution in [2.75, 3.05) is 26.4 Å². The van der Waals surface area contributed by atoms with Gasteiger partial charge in [-0.3, -0.25) is 4.90 Å². The molecule has 1 fully saturated rings. The number of morpholine rings is 1. The van der Waals surface area contributed by atoms with E-state index in [1.165, 1.54) is 5.56 Å². The highest BCUT2D eigenvalue weighted by Crippen LogP contribution is 2.15. The summed E-state index contributed by atoms with van der Waals surface area (Å²) in [5, 5.41) is 8.73. The largest absolute Gasteiger partial charge is 0.384 e. The number of aliphatic hydroxyl groups is 1. The number of nitrogens with zero attached hydrogens (tertiary/aromatic N) is 1. The Morgan fingerprint density at radius 2 is 2.37 bits per heavy atom. The van der Waals surface area contributed by atoms with Crippen molar-refractivity contribution in [3.63, 3.8) is 0 Å². The molecule has 3 nitrogen and oxygen atoms in total. The lowest BCUT2D eigenvalue weighted by Gasteiger charge is -2.35. The van der Waals surface area contributed by atoms with Crippen LogP contribution in [0.15, 0.2) is 24.3 Å². The van der Waals surface area contributed by atoms with E-state index in [0.29, 0.717) is 6.04 Å². The van der Waals surface area contributed by atoms with Gasteiger partial charge in [0.1, 0.15) is 6.61 Å². The molecule has 1 atom stereocenters. The number of rotatable bonds is 3. The van der Waals surface area contributed by atoms with Crippen LogP contribution < -0.4 is 0 Å². The maximum Gasteiger partial charge on any atom is 0.104 e. The summed E-state index contributed by atoms with van der Waals surface area (Å²) in [6.07, 6.45) is 1.12. The van der Waals surface area contributed by atoms with Crippen LogP contribution in [-0.4, -0.2) is 42.4 Å². The van der Waals surface area contributed by atoms with E-state index >= 15 is 0 Å². The van der Waals surface area contributed by atoms with Crippen LogP contribution in [0.25, 0.3) is 0 Å². The van der Waals surface area contributed by atoms with Gasteiger partial charge in [-0.25, -0.2) is 0 Å². The molecular weight excluding hydrogens is 238 g/mol.